The van der Waals surface area contributed by atoms with Gasteiger partial charge in [0.05, 0.1) is 11.2 Å². The Morgan fingerprint density at radius 3 is 2.39 bits per heavy atom. The van der Waals surface area contributed by atoms with Gasteiger partial charge < -0.3 is 14.2 Å². The van der Waals surface area contributed by atoms with Gasteiger partial charge in [0.25, 0.3) is 6.71 Å². The summed E-state index contributed by atoms with van der Waals surface area (Å²) < 4.78 is 6.61. The van der Waals surface area contributed by atoms with Crippen LogP contribution >= 0.6 is 23.2 Å². The van der Waals surface area contributed by atoms with E-state index in [0.717, 1.165) is 50.4 Å². The zero-order valence-electron chi connectivity index (χ0n) is 24.6. The first-order chi connectivity index (χ1) is 21.4. The van der Waals surface area contributed by atoms with Gasteiger partial charge in [-0.1, -0.05) is 97.6 Å². The van der Waals surface area contributed by atoms with Crippen LogP contribution in [0.15, 0.2) is 95.4 Å². The van der Waals surface area contributed by atoms with Crippen LogP contribution in [0.5, 0.6) is 0 Å². The molecule has 0 radical (unpaired) electrons. The van der Waals surface area contributed by atoms with E-state index in [1.807, 2.05) is 18.2 Å². The molecule has 1 aromatic heterocycles. The van der Waals surface area contributed by atoms with Crippen LogP contribution in [0.4, 0.5) is 28.4 Å². The van der Waals surface area contributed by atoms with E-state index in [1.165, 1.54) is 52.6 Å². The highest BCUT2D eigenvalue weighted by Gasteiger charge is 2.61. The summed E-state index contributed by atoms with van der Waals surface area (Å²) in [6.45, 7) is 5.06. The molecular weight excluding hydrogens is 582 g/mol. The molecule has 10 rings (SSSR count). The Morgan fingerprint density at radius 1 is 0.705 bits per heavy atom. The second-order valence-electron chi connectivity index (χ2n) is 13.5. The summed E-state index contributed by atoms with van der Waals surface area (Å²) in [6.07, 6.45) is 4.84. The van der Waals surface area contributed by atoms with Gasteiger partial charge in [0.1, 0.15) is 5.58 Å². The van der Waals surface area contributed by atoms with Crippen molar-refractivity contribution in [1.29, 1.82) is 0 Å². The van der Waals surface area contributed by atoms with Gasteiger partial charge in [0, 0.05) is 49.0 Å². The van der Waals surface area contributed by atoms with Crippen LogP contribution in [0.25, 0.3) is 21.9 Å². The Hall–Kier alpha value is -3.86. The van der Waals surface area contributed by atoms with E-state index in [1.54, 1.807) is 0 Å². The Morgan fingerprint density at radius 2 is 1.48 bits per heavy atom. The predicted molar refractivity (Wildman–Crippen MR) is 186 cm³/mol. The molecule has 0 bridgehead atoms. The number of hydrogen-bond donors (Lipinski definition) is 0. The van der Waals surface area contributed by atoms with Gasteiger partial charge in [-0.15, -0.1) is 0 Å². The molecule has 4 heterocycles. The Balaban J connectivity index is 1.33. The number of nitrogens with zero attached hydrogens (tertiary/aromatic N) is 2. The van der Waals surface area contributed by atoms with E-state index in [0.29, 0.717) is 5.02 Å². The third kappa shape index (κ3) is 2.92. The lowest BCUT2D eigenvalue weighted by atomic mass is 9.33. The quantitative estimate of drug-likeness (QED) is 0.173. The fraction of sp³-hybridized carbons (Fsp3) is 0.211. The maximum atomic E-state index is 7.14. The van der Waals surface area contributed by atoms with E-state index in [9.17, 15) is 0 Å². The normalized spacial score (nSPS) is 22.7. The lowest BCUT2D eigenvalue weighted by Crippen LogP contribution is -2.64. The van der Waals surface area contributed by atoms with Crippen molar-refractivity contribution >= 4 is 96.7 Å². The lowest BCUT2D eigenvalue weighted by molar-refractivity contribution is 0.195. The summed E-state index contributed by atoms with van der Waals surface area (Å²) >= 11 is 13.9. The van der Waals surface area contributed by atoms with Crippen molar-refractivity contribution in [2.45, 2.75) is 50.5 Å². The lowest BCUT2D eigenvalue weighted by Gasteiger charge is -2.52. The molecule has 1 fully saturated rings. The Bertz CT molecular complexity index is 2240. The highest BCUT2D eigenvalue weighted by molar-refractivity contribution is 7.00. The second kappa shape index (κ2) is 8.44. The van der Waals surface area contributed by atoms with Crippen molar-refractivity contribution in [2.24, 2.45) is 0 Å². The minimum Gasteiger partial charge on any atom is -0.454 e. The van der Waals surface area contributed by atoms with E-state index in [2.05, 4.69) is 96.4 Å². The number of halogens is 2. The first-order valence-electron chi connectivity index (χ1n) is 15.7. The van der Waals surface area contributed by atoms with Gasteiger partial charge in [0.2, 0.25) is 0 Å². The van der Waals surface area contributed by atoms with Crippen LogP contribution in [0, 0.1) is 0 Å². The molecule has 1 saturated carbocycles. The number of furan rings is 1. The maximum absolute atomic E-state index is 7.14. The number of benzene rings is 5. The highest BCUT2D eigenvalue weighted by Crippen LogP contribution is 2.62. The molecule has 6 aromatic rings. The molecule has 214 valence electrons. The second-order valence-corrected chi connectivity index (χ2v) is 14.3. The fourth-order valence-electron chi connectivity index (χ4n) is 9.38. The van der Waals surface area contributed by atoms with E-state index < -0.39 is 0 Å². The molecule has 0 amide bonds. The molecule has 4 aliphatic rings. The Kier molecular flexibility index (Phi) is 4.89. The van der Waals surface area contributed by atoms with Crippen LogP contribution in [0.2, 0.25) is 10.0 Å². The van der Waals surface area contributed by atoms with Crippen molar-refractivity contribution in [2.75, 3.05) is 9.80 Å². The molecule has 0 spiro atoms. The average Bonchev–Trinajstić information content (AvgIpc) is 3.50. The monoisotopic (exact) mass is 610 g/mol. The first kappa shape index (κ1) is 25.5. The van der Waals surface area contributed by atoms with Crippen LogP contribution < -0.4 is 26.2 Å². The maximum Gasteiger partial charge on any atom is 0.252 e. The third-order valence-corrected chi connectivity index (χ3v) is 12.0. The molecule has 1 aliphatic carbocycles. The van der Waals surface area contributed by atoms with Gasteiger partial charge in [0.15, 0.2) is 5.58 Å². The Labute approximate surface area is 267 Å². The van der Waals surface area contributed by atoms with Crippen LogP contribution in [0.3, 0.4) is 0 Å². The molecule has 6 heteroatoms. The molecule has 2 unspecified atom stereocenters. The topological polar surface area (TPSA) is 19.6 Å². The zero-order chi connectivity index (χ0) is 29.5. The minimum atomic E-state index is -0.0447. The number of hydrogen-bond acceptors (Lipinski definition) is 3. The summed E-state index contributed by atoms with van der Waals surface area (Å²) in [5.41, 5.74) is 12.9. The molecule has 44 heavy (non-hydrogen) atoms. The van der Waals surface area contributed by atoms with Gasteiger partial charge in [-0.2, -0.15) is 0 Å². The minimum absolute atomic E-state index is 0.0447. The molecule has 0 N–H and O–H groups in total. The van der Waals surface area contributed by atoms with Crippen molar-refractivity contribution in [3.63, 3.8) is 0 Å². The predicted octanol–water partition coefficient (Wildman–Crippen LogP) is 9.25. The van der Waals surface area contributed by atoms with Crippen molar-refractivity contribution in [3.8, 4) is 0 Å². The molecule has 3 nitrogen and oxygen atoms in total. The molecule has 5 aromatic carbocycles. The van der Waals surface area contributed by atoms with Crippen molar-refractivity contribution < 1.29 is 4.42 Å². The van der Waals surface area contributed by atoms with Gasteiger partial charge in [-0.3, -0.25) is 0 Å². The zero-order valence-corrected chi connectivity index (χ0v) is 26.1. The number of anilines is 5. The number of rotatable bonds is 1. The van der Waals surface area contributed by atoms with Gasteiger partial charge in [-0.25, -0.2) is 0 Å². The standard InChI is InChI=1S/C38H29BCl2N2O/c1-37-17-5-6-18-38(37,2)43-32-21-23(41)20-31-34(32)39(28-12-8-11-26(37)35(28)43)27-16-15-22(40)19-30(27)42(31)29-13-7-10-25-24-9-3-4-14-33(24)44-36(25)29/h3-4,7-16,19-21H,5-6,17-18H2,1-2H3. The van der Waals surface area contributed by atoms with Crippen LogP contribution in [-0.2, 0) is 5.41 Å². The summed E-state index contributed by atoms with van der Waals surface area (Å²) in [6, 6.07) is 32.5. The molecule has 0 saturated heterocycles. The van der Waals surface area contributed by atoms with Crippen molar-refractivity contribution in [1.82, 2.24) is 0 Å². The van der Waals surface area contributed by atoms with Crippen LogP contribution in [0.1, 0.15) is 45.1 Å². The summed E-state index contributed by atoms with van der Waals surface area (Å²) in [4.78, 5) is 5.04. The summed E-state index contributed by atoms with van der Waals surface area (Å²) in [5.74, 6) is 0. The number of para-hydroxylation sites is 3. The molecule has 2 atom stereocenters. The third-order valence-electron chi connectivity index (χ3n) is 11.5. The largest absolute Gasteiger partial charge is 0.454 e. The van der Waals surface area contributed by atoms with Gasteiger partial charge >= 0.3 is 0 Å². The SMILES string of the molecule is CC12CCCCC1(C)N1c3cc(Cl)cc4c3B(c3ccc(Cl)cc3N4c3cccc4c3oc3ccccc34)c3cccc2c31. The van der Waals surface area contributed by atoms with E-state index in [4.69, 9.17) is 27.6 Å². The average molecular weight is 611 g/mol. The fourth-order valence-corrected chi connectivity index (χ4v) is 9.76. The van der Waals surface area contributed by atoms with Gasteiger partial charge in [-0.05, 0) is 78.1 Å². The molecule has 3 aliphatic heterocycles. The van der Waals surface area contributed by atoms with E-state index in [-0.39, 0.29) is 17.7 Å². The first-order valence-corrected chi connectivity index (χ1v) is 16.4. The highest BCUT2D eigenvalue weighted by atomic mass is 35.5. The van der Waals surface area contributed by atoms with E-state index >= 15 is 0 Å². The summed E-state index contributed by atoms with van der Waals surface area (Å²) in [7, 11) is 0. The smallest absolute Gasteiger partial charge is 0.252 e. The number of fused-ring (bicyclic) bond motifs is 10. The van der Waals surface area contributed by atoms with Crippen molar-refractivity contribution in [3.05, 3.63) is 107 Å². The molecular formula is C38H29BCl2N2O. The summed E-state index contributed by atoms with van der Waals surface area (Å²) in [5, 5.41) is 3.65. The van der Waals surface area contributed by atoms with Crippen LogP contribution in [-0.4, -0.2) is 12.3 Å².